The molecule has 0 bridgehead atoms. The lowest BCUT2D eigenvalue weighted by Gasteiger charge is -2.37. The highest BCUT2D eigenvalue weighted by Crippen LogP contribution is 2.50. The van der Waals surface area contributed by atoms with E-state index in [2.05, 4.69) is 17.5 Å². The number of allylic oxidation sites excluding steroid dienone is 2. The zero-order valence-electron chi connectivity index (χ0n) is 13.3. The predicted octanol–water partition coefficient (Wildman–Crippen LogP) is 4.12. The highest BCUT2D eigenvalue weighted by atomic mass is 16.6. The summed E-state index contributed by atoms with van der Waals surface area (Å²) in [6, 6.07) is 11.7. The number of rotatable bonds is 3. The van der Waals surface area contributed by atoms with E-state index in [4.69, 9.17) is 0 Å². The quantitative estimate of drug-likeness (QED) is 0.500. The molecule has 25 heavy (non-hydrogen) atoms. The van der Waals surface area contributed by atoms with Crippen LogP contribution < -0.4 is 5.32 Å². The number of hydrogen-bond acceptors (Lipinski definition) is 4. The number of non-ortho nitro benzene ring substituents is 1. The van der Waals surface area contributed by atoms with Crippen molar-refractivity contribution in [1.82, 2.24) is 0 Å². The summed E-state index contributed by atoms with van der Waals surface area (Å²) in [5.41, 5.74) is 3.08. The number of nitrogens with one attached hydrogen (secondary N) is 1. The number of benzene rings is 2. The minimum atomic E-state index is -0.942. The van der Waals surface area contributed by atoms with Crippen molar-refractivity contribution in [2.24, 2.45) is 5.92 Å². The van der Waals surface area contributed by atoms with Crippen molar-refractivity contribution in [1.29, 1.82) is 0 Å². The number of nitrogens with zero attached hydrogens (tertiary/aromatic N) is 1. The normalized spacial score (nSPS) is 23.4. The van der Waals surface area contributed by atoms with E-state index in [1.165, 1.54) is 6.07 Å². The summed E-state index contributed by atoms with van der Waals surface area (Å²) < 4.78 is 0. The Bertz CT molecular complexity index is 906. The molecule has 6 nitrogen and oxygen atoms in total. The fourth-order valence-electron chi connectivity index (χ4n) is 3.89. The smallest absolute Gasteiger partial charge is 0.335 e. The summed E-state index contributed by atoms with van der Waals surface area (Å²) in [5, 5.41) is 23.8. The minimum absolute atomic E-state index is 0.0527. The second kappa shape index (κ2) is 5.73. The Kier molecular flexibility index (Phi) is 3.53. The number of carboxylic acid groups (broad SMARTS) is 1. The fraction of sp³-hybridized carbons (Fsp3) is 0.211. The number of carbonyl (C=O) groups is 1. The van der Waals surface area contributed by atoms with Gasteiger partial charge in [0.25, 0.3) is 5.69 Å². The SMILES string of the molecule is O=C(O)c1ccc2c(c1)[C@@H]1C=CC[C@H]1[C@@H](c1cccc([N+](=O)[O-])c1)N2. The standard InChI is InChI=1S/C19H16N2O4/c22-19(23)12-7-8-17-16(10-12)14-5-2-6-15(14)18(20-17)11-3-1-4-13(9-11)21(24)25/h1-5,7-10,14-15,18,20H,6H2,(H,22,23)/t14-,15-,18-/m1/s1. The average Bonchev–Trinajstić information content (AvgIpc) is 3.10. The molecule has 2 N–H and O–H groups in total. The van der Waals surface area contributed by atoms with Crippen LogP contribution in [0, 0.1) is 16.0 Å². The summed E-state index contributed by atoms with van der Waals surface area (Å²) in [6.07, 6.45) is 5.06. The molecule has 0 fully saturated rings. The molecule has 126 valence electrons. The Morgan fingerprint density at radius 2 is 2.08 bits per heavy atom. The average molecular weight is 336 g/mol. The Morgan fingerprint density at radius 3 is 2.84 bits per heavy atom. The van der Waals surface area contributed by atoms with Gasteiger partial charge in [0.2, 0.25) is 0 Å². The first-order valence-corrected chi connectivity index (χ1v) is 8.09. The third-order valence-corrected chi connectivity index (χ3v) is 5.05. The molecular formula is C19H16N2O4. The number of anilines is 1. The summed E-state index contributed by atoms with van der Waals surface area (Å²) in [6.45, 7) is 0. The Morgan fingerprint density at radius 1 is 1.24 bits per heavy atom. The largest absolute Gasteiger partial charge is 0.478 e. The van der Waals surface area contributed by atoms with Gasteiger partial charge in [0.1, 0.15) is 0 Å². The van der Waals surface area contributed by atoms with Crippen LogP contribution in [-0.4, -0.2) is 16.0 Å². The summed E-state index contributed by atoms with van der Waals surface area (Å²) in [7, 11) is 0. The lowest BCUT2D eigenvalue weighted by Crippen LogP contribution is -2.29. The maximum absolute atomic E-state index is 11.3. The van der Waals surface area contributed by atoms with Crippen LogP contribution in [0.5, 0.6) is 0 Å². The van der Waals surface area contributed by atoms with Crippen LogP contribution in [0.15, 0.2) is 54.6 Å². The summed E-state index contributed by atoms with van der Waals surface area (Å²) in [5.74, 6) is -0.625. The molecule has 3 atom stereocenters. The van der Waals surface area contributed by atoms with Crippen LogP contribution in [-0.2, 0) is 0 Å². The van der Waals surface area contributed by atoms with Gasteiger partial charge in [-0.1, -0.05) is 24.3 Å². The molecule has 1 aliphatic carbocycles. The van der Waals surface area contributed by atoms with Gasteiger partial charge in [-0.25, -0.2) is 4.79 Å². The van der Waals surface area contributed by atoms with E-state index < -0.39 is 5.97 Å². The molecule has 6 heteroatoms. The molecule has 0 unspecified atom stereocenters. The molecule has 0 saturated carbocycles. The van der Waals surface area contributed by atoms with Gasteiger partial charge in [-0.05, 0) is 41.7 Å². The Balaban J connectivity index is 1.77. The number of aromatic carboxylic acids is 1. The number of fused-ring (bicyclic) bond motifs is 3. The van der Waals surface area contributed by atoms with Crippen molar-refractivity contribution in [3.8, 4) is 0 Å². The molecule has 2 aromatic rings. The van der Waals surface area contributed by atoms with Gasteiger partial charge in [0, 0.05) is 23.7 Å². The van der Waals surface area contributed by atoms with E-state index in [0.29, 0.717) is 0 Å². The van der Waals surface area contributed by atoms with Crippen molar-refractivity contribution in [2.45, 2.75) is 18.4 Å². The van der Waals surface area contributed by atoms with E-state index in [9.17, 15) is 20.0 Å². The van der Waals surface area contributed by atoms with Gasteiger partial charge < -0.3 is 10.4 Å². The molecule has 1 heterocycles. The maximum Gasteiger partial charge on any atom is 0.335 e. The first kappa shape index (κ1) is 15.4. The molecule has 2 aromatic carbocycles. The van der Waals surface area contributed by atoms with Gasteiger partial charge in [0.05, 0.1) is 16.5 Å². The highest BCUT2D eigenvalue weighted by Gasteiger charge is 2.38. The minimum Gasteiger partial charge on any atom is -0.478 e. The third-order valence-electron chi connectivity index (χ3n) is 5.05. The van der Waals surface area contributed by atoms with E-state index >= 15 is 0 Å². The van der Waals surface area contributed by atoms with E-state index in [1.54, 1.807) is 30.3 Å². The van der Waals surface area contributed by atoms with Gasteiger partial charge in [-0.3, -0.25) is 10.1 Å². The van der Waals surface area contributed by atoms with E-state index in [0.717, 1.165) is 23.2 Å². The Labute approximate surface area is 144 Å². The molecule has 4 rings (SSSR count). The maximum atomic E-state index is 11.3. The summed E-state index contributed by atoms with van der Waals surface area (Å²) >= 11 is 0. The monoisotopic (exact) mass is 336 g/mol. The van der Waals surface area contributed by atoms with Crippen molar-refractivity contribution in [3.05, 3.63) is 81.4 Å². The first-order valence-electron chi connectivity index (χ1n) is 8.09. The molecule has 0 radical (unpaired) electrons. The second-order valence-corrected chi connectivity index (χ2v) is 6.43. The molecular weight excluding hydrogens is 320 g/mol. The van der Waals surface area contributed by atoms with Crippen LogP contribution in [0.25, 0.3) is 0 Å². The number of carboxylic acids is 1. The van der Waals surface area contributed by atoms with Crippen LogP contribution in [0.3, 0.4) is 0 Å². The third kappa shape index (κ3) is 2.55. The molecule has 0 amide bonds. The van der Waals surface area contributed by atoms with Crippen LogP contribution in [0.2, 0.25) is 0 Å². The van der Waals surface area contributed by atoms with Crippen molar-refractivity contribution in [3.63, 3.8) is 0 Å². The fourth-order valence-corrected chi connectivity index (χ4v) is 3.89. The van der Waals surface area contributed by atoms with Crippen molar-refractivity contribution in [2.75, 3.05) is 5.32 Å². The molecule has 1 aliphatic heterocycles. The van der Waals surface area contributed by atoms with Crippen LogP contribution >= 0.6 is 0 Å². The summed E-state index contributed by atoms with van der Waals surface area (Å²) in [4.78, 5) is 22.0. The van der Waals surface area contributed by atoms with Crippen molar-refractivity contribution < 1.29 is 14.8 Å². The van der Waals surface area contributed by atoms with Gasteiger partial charge >= 0.3 is 5.97 Å². The predicted molar refractivity (Wildman–Crippen MR) is 92.8 cm³/mol. The van der Waals surface area contributed by atoms with Crippen molar-refractivity contribution >= 4 is 17.3 Å². The van der Waals surface area contributed by atoms with E-state index in [1.807, 2.05) is 6.07 Å². The molecule has 2 aliphatic rings. The zero-order chi connectivity index (χ0) is 17.6. The Hall–Kier alpha value is -3.15. The molecule has 0 spiro atoms. The lowest BCUT2D eigenvalue weighted by molar-refractivity contribution is -0.384. The molecule has 0 aromatic heterocycles. The zero-order valence-corrected chi connectivity index (χ0v) is 13.3. The van der Waals surface area contributed by atoms with Gasteiger partial charge in [-0.2, -0.15) is 0 Å². The van der Waals surface area contributed by atoms with Crippen LogP contribution in [0.4, 0.5) is 11.4 Å². The lowest BCUT2D eigenvalue weighted by atomic mass is 9.76. The van der Waals surface area contributed by atoms with Crippen LogP contribution in [0.1, 0.15) is 39.9 Å². The van der Waals surface area contributed by atoms with Gasteiger partial charge in [-0.15, -0.1) is 0 Å². The molecule has 0 saturated heterocycles. The second-order valence-electron chi connectivity index (χ2n) is 6.43. The number of nitro benzene ring substituents is 1. The highest BCUT2D eigenvalue weighted by molar-refractivity contribution is 5.89. The topological polar surface area (TPSA) is 92.5 Å². The van der Waals surface area contributed by atoms with Gasteiger partial charge in [0.15, 0.2) is 0 Å². The first-order chi connectivity index (χ1) is 12.0. The van der Waals surface area contributed by atoms with E-state index in [-0.39, 0.29) is 34.1 Å². The number of hydrogen-bond donors (Lipinski definition) is 2. The number of nitro groups is 1.